The predicted octanol–water partition coefficient (Wildman–Crippen LogP) is 1.05. The molecule has 0 fully saturated rings. The van der Waals surface area contributed by atoms with E-state index in [-0.39, 0.29) is 24.0 Å². The molecule has 8 nitrogen and oxygen atoms in total. The second kappa shape index (κ2) is 7.65. The molecule has 2 aromatic heterocycles. The highest BCUT2D eigenvalue weighted by molar-refractivity contribution is 5.91. The summed E-state index contributed by atoms with van der Waals surface area (Å²) in [6.45, 7) is 3.41. The molecule has 0 aliphatic rings. The van der Waals surface area contributed by atoms with Gasteiger partial charge in [0.05, 0.1) is 12.7 Å². The van der Waals surface area contributed by atoms with Gasteiger partial charge < -0.3 is 9.88 Å². The largest absolute Gasteiger partial charge is 0.350 e. The zero-order valence-electron chi connectivity index (χ0n) is 13.8. The molecule has 25 heavy (non-hydrogen) atoms. The van der Waals surface area contributed by atoms with Crippen molar-refractivity contribution in [2.75, 3.05) is 6.54 Å². The summed E-state index contributed by atoms with van der Waals surface area (Å²) < 4.78 is 17.0. The van der Waals surface area contributed by atoms with Gasteiger partial charge >= 0.3 is 0 Å². The molecular formula is C16H18FN7O. The van der Waals surface area contributed by atoms with Crippen LogP contribution in [0.4, 0.5) is 4.39 Å². The smallest absolute Gasteiger partial charge is 0.273 e. The zero-order valence-corrected chi connectivity index (χ0v) is 13.8. The number of halogens is 1. The Bertz CT molecular complexity index is 858. The van der Waals surface area contributed by atoms with E-state index in [1.165, 1.54) is 16.9 Å². The van der Waals surface area contributed by atoms with E-state index < -0.39 is 0 Å². The van der Waals surface area contributed by atoms with E-state index in [4.69, 9.17) is 0 Å². The summed E-state index contributed by atoms with van der Waals surface area (Å²) >= 11 is 0. The Morgan fingerprint density at radius 3 is 2.92 bits per heavy atom. The van der Waals surface area contributed by atoms with E-state index in [1.54, 1.807) is 24.5 Å². The molecule has 1 amide bonds. The molecule has 3 rings (SSSR count). The molecule has 0 aliphatic carbocycles. The van der Waals surface area contributed by atoms with Crippen molar-refractivity contribution in [3.63, 3.8) is 0 Å². The number of hydrogen-bond acceptors (Lipinski definition) is 5. The average Bonchev–Trinajstić information content (AvgIpc) is 3.26. The van der Waals surface area contributed by atoms with Gasteiger partial charge in [-0.2, -0.15) is 0 Å². The van der Waals surface area contributed by atoms with Crippen molar-refractivity contribution in [1.29, 1.82) is 0 Å². The topological polar surface area (TPSA) is 90.5 Å². The van der Waals surface area contributed by atoms with Gasteiger partial charge in [0.1, 0.15) is 18.0 Å². The first-order valence-electron chi connectivity index (χ1n) is 7.95. The van der Waals surface area contributed by atoms with Crippen LogP contribution in [0.1, 0.15) is 28.8 Å². The quantitative estimate of drug-likeness (QED) is 0.692. The summed E-state index contributed by atoms with van der Waals surface area (Å²) in [4.78, 5) is 12.1. The summed E-state index contributed by atoms with van der Waals surface area (Å²) in [6, 6.07) is 6.42. The van der Waals surface area contributed by atoms with E-state index in [9.17, 15) is 9.18 Å². The van der Waals surface area contributed by atoms with Gasteiger partial charge in [0.15, 0.2) is 5.69 Å². The molecule has 1 aromatic carbocycles. The maximum absolute atomic E-state index is 13.6. The van der Waals surface area contributed by atoms with E-state index in [1.807, 2.05) is 11.5 Å². The molecule has 1 N–H and O–H groups in total. The van der Waals surface area contributed by atoms with Gasteiger partial charge in [-0.05, 0) is 13.0 Å². The molecule has 0 saturated carbocycles. The lowest BCUT2D eigenvalue weighted by molar-refractivity contribution is 0.0949. The van der Waals surface area contributed by atoms with Crippen LogP contribution in [0.5, 0.6) is 0 Å². The van der Waals surface area contributed by atoms with E-state index in [0.29, 0.717) is 18.5 Å². The lowest BCUT2D eigenvalue weighted by atomic mass is 10.2. The zero-order chi connectivity index (χ0) is 17.6. The third-order valence-electron chi connectivity index (χ3n) is 3.73. The Balaban J connectivity index is 1.55. The molecule has 0 bridgehead atoms. The molecule has 2 heterocycles. The van der Waals surface area contributed by atoms with Crippen molar-refractivity contribution < 1.29 is 9.18 Å². The van der Waals surface area contributed by atoms with Crippen molar-refractivity contribution >= 4 is 5.91 Å². The number of amides is 1. The number of nitrogens with zero attached hydrogens (tertiary/aromatic N) is 6. The van der Waals surface area contributed by atoms with Crippen LogP contribution in [-0.4, -0.2) is 42.2 Å². The fraction of sp³-hybridized carbons (Fsp3) is 0.312. The molecular weight excluding hydrogens is 325 g/mol. The minimum absolute atomic E-state index is 0.188. The van der Waals surface area contributed by atoms with Gasteiger partial charge in [-0.1, -0.05) is 23.4 Å². The standard InChI is InChI=1S/C16H18FN7O/c1-2-23-11-19-21-15(23)7-8-18-16(25)14-10-24(22-20-14)9-12-5-3-4-6-13(12)17/h3-6,10-11H,2,7-9H2,1H3,(H,18,25). The van der Waals surface area contributed by atoms with Crippen molar-refractivity contribution in [2.45, 2.75) is 26.4 Å². The lowest BCUT2D eigenvalue weighted by Crippen LogP contribution is -2.26. The third-order valence-corrected chi connectivity index (χ3v) is 3.73. The number of carbonyl (C=O) groups is 1. The highest BCUT2D eigenvalue weighted by Gasteiger charge is 2.12. The molecule has 0 atom stereocenters. The number of rotatable bonds is 7. The van der Waals surface area contributed by atoms with Crippen LogP contribution in [0.15, 0.2) is 36.8 Å². The highest BCUT2D eigenvalue weighted by Crippen LogP contribution is 2.08. The summed E-state index contributed by atoms with van der Waals surface area (Å²) in [5.41, 5.74) is 0.673. The second-order valence-electron chi connectivity index (χ2n) is 5.43. The minimum Gasteiger partial charge on any atom is -0.350 e. The molecule has 0 saturated heterocycles. The van der Waals surface area contributed by atoms with Crippen molar-refractivity contribution in [1.82, 2.24) is 35.1 Å². The summed E-state index contributed by atoms with van der Waals surface area (Å²) in [6.07, 6.45) is 3.73. The Morgan fingerprint density at radius 1 is 1.28 bits per heavy atom. The second-order valence-corrected chi connectivity index (χ2v) is 5.43. The molecule has 0 spiro atoms. The van der Waals surface area contributed by atoms with Crippen LogP contribution in [0.2, 0.25) is 0 Å². The van der Waals surface area contributed by atoms with Crippen LogP contribution in [0, 0.1) is 5.82 Å². The number of benzene rings is 1. The summed E-state index contributed by atoms with van der Waals surface area (Å²) in [5.74, 6) is 0.164. The molecule has 0 radical (unpaired) electrons. The molecule has 0 aliphatic heterocycles. The van der Waals surface area contributed by atoms with Crippen LogP contribution in [-0.2, 0) is 19.5 Å². The Morgan fingerprint density at radius 2 is 2.12 bits per heavy atom. The van der Waals surface area contributed by atoms with Gasteiger partial charge in [-0.25, -0.2) is 9.07 Å². The Labute approximate surface area is 143 Å². The van der Waals surface area contributed by atoms with Crippen molar-refractivity contribution in [2.24, 2.45) is 0 Å². The summed E-state index contributed by atoms with van der Waals surface area (Å²) in [5, 5.41) is 18.3. The molecule has 3 aromatic rings. The first kappa shape index (κ1) is 16.7. The third kappa shape index (κ3) is 4.06. The van der Waals surface area contributed by atoms with Gasteiger partial charge in [0.2, 0.25) is 0 Å². The fourth-order valence-electron chi connectivity index (χ4n) is 2.40. The first-order chi connectivity index (χ1) is 12.2. The van der Waals surface area contributed by atoms with E-state index >= 15 is 0 Å². The highest BCUT2D eigenvalue weighted by atomic mass is 19.1. The number of aryl methyl sites for hydroxylation is 1. The van der Waals surface area contributed by atoms with Gasteiger partial charge in [0.25, 0.3) is 5.91 Å². The van der Waals surface area contributed by atoms with Crippen LogP contribution >= 0.6 is 0 Å². The monoisotopic (exact) mass is 343 g/mol. The van der Waals surface area contributed by atoms with Crippen LogP contribution in [0.3, 0.4) is 0 Å². The summed E-state index contributed by atoms with van der Waals surface area (Å²) in [7, 11) is 0. The number of nitrogens with one attached hydrogen (secondary N) is 1. The fourth-order valence-corrected chi connectivity index (χ4v) is 2.40. The molecule has 130 valence electrons. The van der Waals surface area contributed by atoms with Crippen LogP contribution < -0.4 is 5.32 Å². The van der Waals surface area contributed by atoms with Gasteiger partial charge in [-0.3, -0.25) is 4.79 Å². The maximum atomic E-state index is 13.6. The SMILES string of the molecule is CCn1cnnc1CCNC(=O)c1cn(Cc2ccccc2F)nn1. The van der Waals surface area contributed by atoms with Gasteiger partial charge in [0, 0.05) is 25.1 Å². The average molecular weight is 343 g/mol. The molecule has 0 unspecified atom stereocenters. The minimum atomic E-state index is -0.331. The number of aromatic nitrogens is 6. The molecule has 9 heteroatoms. The predicted molar refractivity (Wildman–Crippen MR) is 87.3 cm³/mol. The lowest BCUT2D eigenvalue weighted by Gasteiger charge is -2.04. The van der Waals surface area contributed by atoms with Crippen molar-refractivity contribution in [3.8, 4) is 0 Å². The van der Waals surface area contributed by atoms with E-state index in [0.717, 1.165) is 12.4 Å². The van der Waals surface area contributed by atoms with Crippen molar-refractivity contribution in [3.05, 3.63) is 59.7 Å². The number of carbonyl (C=O) groups excluding carboxylic acids is 1. The maximum Gasteiger partial charge on any atom is 0.273 e. The Hall–Kier alpha value is -3.10. The van der Waals surface area contributed by atoms with Gasteiger partial charge in [-0.15, -0.1) is 15.3 Å². The van der Waals surface area contributed by atoms with E-state index in [2.05, 4.69) is 25.8 Å². The normalized spacial score (nSPS) is 10.8. The Kier molecular flexibility index (Phi) is 5.12. The number of hydrogen-bond donors (Lipinski definition) is 1. The first-order valence-corrected chi connectivity index (χ1v) is 7.95. The van der Waals surface area contributed by atoms with Crippen LogP contribution in [0.25, 0.3) is 0 Å².